The number of carbonyl (C=O) groups is 1. The van der Waals surface area contributed by atoms with Gasteiger partial charge < -0.3 is 20.1 Å². The Morgan fingerprint density at radius 3 is 2.40 bits per heavy atom. The smallest absolute Gasteiger partial charge is 0.432 e. The maximum Gasteiger partial charge on any atom is 0.432 e. The third-order valence-corrected chi connectivity index (χ3v) is 6.38. The number of halogens is 1. The number of aromatic nitrogens is 4. The van der Waals surface area contributed by atoms with E-state index in [-0.39, 0.29) is 16.6 Å². The van der Waals surface area contributed by atoms with E-state index >= 15 is 4.39 Å². The zero-order valence-corrected chi connectivity index (χ0v) is 20.8. The molecule has 1 aromatic carbocycles. The third-order valence-electron chi connectivity index (χ3n) is 6.38. The number of methoxy groups -OCH3 is 1. The SMILES string of the molecule is COc1cc(-c2cnn(C(=O)O)c2)c(F)cc1-c1ccc(N(C)C2CC(C)(C)NC(C)(C)C2)nn1. The molecule has 0 unspecified atom stereocenters. The number of ether oxygens (including phenoxy) is 1. The molecule has 0 amide bonds. The van der Waals surface area contributed by atoms with Gasteiger partial charge in [0, 0.05) is 47.1 Å². The summed E-state index contributed by atoms with van der Waals surface area (Å²) in [5.41, 5.74) is 1.43. The molecule has 1 aliphatic heterocycles. The molecule has 1 aliphatic rings. The van der Waals surface area contributed by atoms with Crippen molar-refractivity contribution in [1.29, 1.82) is 0 Å². The second kappa shape index (κ2) is 8.92. The first-order chi connectivity index (χ1) is 16.4. The molecule has 0 spiro atoms. The monoisotopic (exact) mass is 482 g/mol. The van der Waals surface area contributed by atoms with Gasteiger partial charge in [-0.25, -0.2) is 9.18 Å². The average Bonchev–Trinajstić information content (AvgIpc) is 3.27. The van der Waals surface area contributed by atoms with Crippen LogP contribution in [0.25, 0.3) is 22.4 Å². The van der Waals surface area contributed by atoms with Crippen LogP contribution in [0, 0.1) is 5.82 Å². The predicted octanol–water partition coefficient (Wildman–Crippen LogP) is 4.43. The number of benzene rings is 1. The molecule has 3 heterocycles. The van der Waals surface area contributed by atoms with Gasteiger partial charge in [-0.2, -0.15) is 9.78 Å². The molecule has 2 aromatic heterocycles. The Labute approximate surface area is 203 Å². The van der Waals surface area contributed by atoms with Crippen molar-refractivity contribution < 1.29 is 19.0 Å². The Morgan fingerprint density at radius 1 is 1.17 bits per heavy atom. The van der Waals surface area contributed by atoms with Crippen molar-refractivity contribution in [3.63, 3.8) is 0 Å². The fraction of sp³-hybridized carbons (Fsp3) is 0.440. The molecule has 35 heavy (non-hydrogen) atoms. The van der Waals surface area contributed by atoms with E-state index in [9.17, 15) is 4.79 Å². The van der Waals surface area contributed by atoms with Crippen LogP contribution >= 0.6 is 0 Å². The summed E-state index contributed by atoms with van der Waals surface area (Å²) in [5.74, 6) is 0.582. The molecule has 9 nitrogen and oxygen atoms in total. The highest BCUT2D eigenvalue weighted by Gasteiger charge is 2.39. The number of rotatable bonds is 5. The van der Waals surface area contributed by atoms with E-state index in [0.717, 1.165) is 23.3 Å². The Hall–Kier alpha value is -3.53. The minimum Gasteiger partial charge on any atom is -0.496 e. The molecule has 0 bridgehead atoms. The van der Waals surface area contributed by atoms with Crippen molar-refractivity contribution in [2.75, 3.05) is 19.1 Å². The van der Waals surface area contributed by atoms with Gasteiger partial charge in [0.15, 0.2) is 5.82 Å². The topological polar surface area (TPSA) is 105 Å². The quantitative estimate of drug-likeness (QED) is 0.550. The third kappa shape index (κ3) is 5.12. The number of nitrogens with one attached hydrogen (secondary N) is 1. The van der Waals surface area contributed by atoms with Gasteiger partial charge in [0.2, 0.25) is 0 Å². The molecule has 4 rings (SSSR count). The number of hydrogen-bond donors (Lipinski definition) is 2. The lowest BCUT2D eigenvalue weighted by Crippen LogP contribution is -2.62. The molecular formula is C25H31FN6O3. The lowest BCUT2D eigenvalue weighted by molar-refractivity contribution is 0.160. The van der Waals surface area contributed by atoms with Gasteiger partial charge in [-0.05, 0) is 64.8 Å². The summed E-state index contributed by atoms with van der Waals surface area (Å²) in [5, 5.41) is 25.3. The Kier molecular flexibility index (Phi) is 6.27. The highest BCUT2D eigenvalue weighted by molar-refractivity contribution is 5.76. The fourth-order valence-electron chi connectivity index (χ4n) is 5.10. The molecule has 0 radical (unpaired) electrons. The van der Waals surface area contributed by atoms with Crippen LogP contribution in [0.5, 0.6) is 5.75 Å². The van der Waals surface area contributed by atoms with E-state index in [4.69, 9.17) is 9.84 Å². The van der Waals surface area contributed by atoms with E-state index < -0.39 is 11.9 Å². The molecule has 0 aliphatic carbocycles. The van der Waals surface area contributed by atoms with Gasteiger partial charge in [-0.15, -0.1) is 10.2 Å². The van der Waals surface area contributed by atoms with Crippen LogP contribution in [-0.2, 0) is 0 Å². The van der Waals surface area contributed by atoms with E-state index in [1.165, 1.54) is 31.6 Å². The summed E-state index contributed by atoms with van der Waals surface area (Å²) in [6, 6.07) is 6.80. The van der Waals surface area contributed by atoms with Gasteiger partial charge in [0.05, 0.1) is 19.0 Å². The molecule has 10 heteroatoms. The Bertz CT molecular complexity index is 1220. The van der Waals surface area contributed by atoms with Gasteiger partial charge in [0.25, 0.3) is 0 Å². The molecule has 1 fully saturated rings. The molecule has 186 valence electrons. The summed E-state index contributed by atoms with van der Waals surface area (Å²) in [7, 11) is 3.51. The molecular weight excluding hydrogens is 451 g/mol. The molecule has 1 saturated heterocycles. The van der Waals surface area contributed by atoms with E-state index in [0.29, 0.717) is 28.6 Å². The summed E-state index contributed by atoms with van der Waals surface area (Å²) in [6.07, 6.45) is 3.22. The van der Waals surface area contributed by atoms with E-state index in [1.54, 1.807) is 6.07 Å². The van der Waals surface area contributed by atoms with Crippen LogP contribution in [0.3, 0.4) is 0 Å². The fourth-order valence-corrected chi connectivity index (χ4v) is 5.10. The Morgan fingerprint density at radius 2 is 1.86 bits per heavy atom. The van der Waals surface area contributed by atoms with Crippen molar-refractivity contribution in [1.82, 2.24) is 25.3 Å². The molecule has 0 atom stereocenters. The largest absolute Gasteiger partial charge is 0.496 e. The first kappa shape index (κ1) is 24.6. The van der Waals surface area contributed by atoms with Gasteiger partial charge >= 0.3 is 6.09 Å². The molecule has 0 saturated carbocycles. The first-order valence-corrected chi connectivity index (χ1v) is 11.4. The molecule has 3 aromatic rings. The van der Waals surface area contributed by atoms with Crippen LogP contribution in [0.1, 0.15) is 40.5 Å². The number of piperidine rings is 1. The minimum absolute atomic E-state index is 0.00163. The standard InChI is InChI=1S/C25H31FN6O3/c1-24(2)11-16(12-25(3,4)30-24)31(5)22-8-7-20(28-29-22)18-9-19(26)17(10-21(18)35-6)15-13-27-32(14-15)23(33)34/h7-10,13-14,16,30H,11-12H2,1-6H3,(H,33,34). The van der Waals surface area contributed by atoms with Crippen molar-refractivity contribution in [3.8, 4) is 28.1 Å². The highest BCUT2D eigenvalue weighted by atomic mass is 19.1. The van der Waals surface area contributed by atoms with E-state index in [2.05, 4.69) is 53.2 Å². The van der Waals surface area contributed by atoms with Crippen LogP contribution in [-0.4, -0.2) is 62.5 Å². The normalized spacial score (nSPS) is 17.2. The van der Waals surface area contributed by atoms with Gasteiger partial charge in [-0.3, -0.25) is 0 Å². The summed E-state index contributed by atoms with van der Waals surface area (Å²) in [6.45, 7) is 8.84. The van der Waals surface area contributed by atoms with Gasteiger partial charge in [0.1, 0.15) is 11.6 Å². The Balaban J connectivity index is 1.61. The maximum atomic E-state index is 15.0. The maximum absolute atomic E-state index is 15.0. The van der Waals surface area contributed by atoms with Crippen molar-refractivity contribution in [2.45, 2.75) is 57.7 Å². The minimum atomic E-state index is -1.25. The summed E-state index contributed by atoms with van der Waals surface area (Å²) in [4.78, 5) is 13.2. The van der Waals surface area contributed by atoms with Crippen molar-refractivity contribution in [2.24, 2.45) is 0 Å². The van der Waals surface area contributed by atoms with Crippen LogP contribution < -0.4 is 15.0 Å². The zero-order valence-electron chi connectivity index (χ0n) is 20.8. The number of nitrogens with zero attached hydrogens (tertiary/aromatic N) is 5. The highest BCUT2D eigenvalue weighted by Crippen LogP contribution is 2.36. The zero-order chi connectivity index (χ0) is 25.5. The van der Waals surface area contributed by atoms with Crippen molar-refractivity contribution >= 4 is 11.9 Å². The average molecular weight is 483 g/mol. The summed E-state index contributed by atoms with van der Waals surface area (Å²) < 4.78 is 21.3. The lowest BCUT2D eigenvalue weighted by atomic mass is 9.79. The van der Waals surface area contributed by atoms with Crippen LogP contribution in [0.15, 0.2) is 36.7 Å². The summed E-state index contributed by atoms with van der Waals surface area (Å²) >= 11 is 0. The van der Waals surface area contributed by atoms with Crippen molar-refractivity contribution in [3.05, 3.63) is 42.5 Å². The first-order valence-electron chi connectivity index (χ1n) is 11.4. The van der Waals surface area contributed by atoms with E-state index in [1.807, 2.05) is 13.1 Å². The number of hydrogen-bond acceptors (Lipinski definition) is 7. The second-order valence-electron chi connectivity index (χ2n) is 10.3. The molecule has 2 N–H and O–H groups in total. The number of carboxylic acid groups (broad SMARTS) is 1. The lowest BCUT2D eigenvalue weighted by Gasteiger charge is -2.49. The van der Waals surface area contributed by atoms with Crippen LogP contribution in [0.4, 0.5) is 15.0 Å². The predicted molar refractivity (Wildman–Crippen MR) is 131 cm³/mol. The van der Waals surface area contributed by atoms with Crippen LogP contribution in [0.2, 0.25) is 0 Å². The second-order valence-corrected chi connectivity index (χ2v) is 10.3. The van der Waals surface area contributed by atoms with Gasteiger partial charge in [-0.1, -0.05) is 0 Å². The number of anilines is 1.